The Morgan fingerprint density at radius 2 is 2.25 bits per heavy atom. The summed E-state index contributed by atoms with van der Waals surface area (Å²) in [4.78, 5) is 29.6. The summed E-state index contributed by atoms with van der Waals surface area (Å²) in [5, 5.41) is 10.4. The summed E-state index contributed by atoms with van der Waals surface area (Å²) in [6.07, 6.45) is 1.56. The summed E-state index contributed by atoms with van der Waals surface area (Å²) < 4.78 is 19.5. The maximum atomic E-state index is 14.3. The average Bonchev–Trinajstić information content (AvgIpc) is 3.42. The molecular weight excluding hydrogens is 383 g/mol. The van der Waals surface area contributed by atoms with E-state index in [4.69, 9.17) is 4.52 Å². The van der Waals surface area contributed by atoms with E-state index in [0.717, 1.165) is 12.0 Å². The second-order valence-electron chi connectivity index (χ2n) is 6.39. The van der Waals surface area contributed by atoms with Crippen LogP contribution in [0.3, 0.4) is 0 Å². The lowest BCUT2D eigenvalue weighted by Gasteiger charge is -2.17. The zero-order valence-corrected chi connectivity index (χ0v) is 15.7. The van der Waals surface area contributed by atoms with E-state index >= 15 is 0 Å². The topological polar surface area (TPSA) is 88.3 Å². The molecular formula is C19H17FN4O3S. The van der Waals surface area contributed by atoms with Gasteiger partial charge in [-0.3, -0.25) is 9.59 Å². The SMILES string of the molecule is O=C(CCc1nc(-c2ccsc2)no1)Nc1ccc(N2CCCC2=O)c(F)c1. The van der Waals surface area contributed by atoms with Crippen LogP contribution in [-0.4, -0.2) is 28.5 Å². The highest BCUT2D eigenvalue weighted by molar-refractivity contribution is 7.08. The number of carbonyl (C=O) groups is 2. The Kier molecular flexibility index (Phi) is 5.16. The van der Waals surface area contributed by atoms with E-state index in [-0.39, 0.29) is 30.3 Å². The van der Waals surface area contributed by atoms with Crippen molar-refractivity contribution in [2.75, 3.05) is 16.8 Å². The van der Waals surface area contributed by atoms with Gasteiger partial charge in [-0.05, 0) is 36.1 Å². The number of hydrogen-bond acceptors (Lipinski definition) is 6. The number of nitrogens with one attached hydrogen (secondary N) is 1. The standard InChI is InChI=1S/C19H17FN4O3S/c20-14-10-13(3-4-15(14)24-8-1-2-18(24)26)21-16(25)5-6-17-22-19(23-27-17)12-7-9-28-11-12/h3-4,7,9-11H,1-2,5-6,8H2,(H,21,25). The molecule has 0 atom stereocenters. The van der Waals surface area contributed by atoms with Crippen molar-refractivity contribution < 1.29 is 18.5 Å². The van der Waals surface area contributed by atoms with Crippen LogP contribution in [0.5, 0.6) is 0 Å². The van der Waals surface area contributed by atoms with Gasteiger partial charge in [-0.15, -0.1) is 0 Å². The molecule has 0 radical (unpaired) electrons. The molecule has 0 aliphatic carbocycles. The normalized spacial score (nSPS) is 13.9. The van der Waals surface area contributed by atoms with Gasteiger partial charge in [-0.25, -0.2) is 4.39 Å². The molecule has 144 valence electrons. The number of aryl methyl sites for hydroxylation is 1. The van der Waals surface area contributed by atoms with Gasteiger partial charge in [0.15, 0.2) is 0 Å². The number of carbonyl (C=O) groups excluding carboxylic acids is 2. The van der Waals surface area contributed by atoms with E-state index in [1.54, 1.807) is 6.07 Å². The van der Waals surface area contributed by atoms with Crippen molar-refractivity contribution in [3.05, 3.63) is 46.7 Å². The molecule has 1 fully saturated rings. The van der Waals surface area contributed by atoms with E-state index in [1.165, 1.54) is 28.4 Å². The minimum absolute atomic E-state index is 0.0861. The number of halogens is 1. The molecule has 9 heteroatoms. The van der Waals surface area contributed by atoms with E-state index < -0.39 is 5.82 Å². The fourth-order valence-electron chi connectivity index (χ4n) is 3.02. The number of nitrogens with zero attached hydrogens (tertiary/aromatic N) is 3. The van der Waals surface area contributed by atoms with Crippen molar-refractivity contribution in [1.29, 1.82) is 0 Å². The fraction of sp³-hybridized carbons (Fsp3) is 0.263. The third kappa shape index (κ3) is 3.94. The van der Waals surface area contributed by atoms with Crippen molar-refractivity contribution >= 4 is 34.5 Å². The van der Waals surface area contributed by atoms with Crippen LogP contribution in [-0.2, 0) is 16.0 Å². The third-order valence-electron chi connectivity index (χ3n) is 4.41. The molecule has 1 N–H and O–H groups in total. The quantitative estimate of drug-likeness (QED) is 0.683. The molecule has 7 nitrogen and oxygen atoms in total. The van der Waals surface area contributed by atoms with Gasteiger partial charge in [0, 0.05) is 42.4 Å². The molecule has 1 aliphatic rings. The number of hydrogen-bond donors (Lipinski definition) is 1. The molecule has 2 amide bonds. The number of benzene rings is 1. The number of rotatable bonds is 6. The van der Waals surface area contributed by atoms with Crippen LogP contribution in [0.15, 0.2) is 39.5 Å². The van der Waals surface area contributed by atoms with Crippen molar-refractivity contribution in [2.45, 2.75) is 25.7 Å². The van der Waals surface area contributed by atoms with E-state index in [0.29, 0.717) is 30.4 Å². The van der Waals surface area contributed by atoms with E-state index in [9.17, 15) is 14.0 Å². The van der Waals surface area contributed by atoms with Gasteiger partial charge < -0.3 is 14.7 Å². The highest BCUT2D eigenvalue weighted by atomic mass is 32.1. The molecule has 0 saturated carbocycles. The van der Waals surface area contributed by atoms with Gasteiger partial charge >= 0.3 is 0 Å². The molecule has 0 bridgehead atoms. The Morgan fingerprint density at radius 3 is 2.96 bits per heavy atom. The second-order valence-corrected chi connectivity index (χ2v) is 7.17. The first-order valence-electron chi connectivity index (χ1n) is 8.85. The van der Waals surface area contributed by atoms with Crippen LogP contribution in [0.4, 0.5) is 15.8 Å². The summed E-state index contributed by atoms with van der Waals surface area (Å²) >= 11 is 1.54. The molecule has 28 heavy (non-hydrogen) atoms. The zero-order valence-electron chi connectivity index (χ0n) is 14.9. The summed E-state index contributed by atoms with van der Waals surface area (Å²) in [5.74, 6) is -0.0571. The summed E-state index contributed by atoms with van der Waals surface area (Å²) in [7, 11) is 0. The molecule has 3 aromatic rings. The Hall–Kier alpha value is -3.07. The minimum Gasteiger partial charge on any atom is -0.339 e. The van der Waals surface area contributed by atoms with Crippen molar-refractivity contribution in [3.63, 3.8) is 0 Å². The molecule has 0 unspecified atom stereocenters. The van der Waals surface area contributed by atoms with Gasteiger partial charge in [-0.2, -0.15) is 16.3 Å². The molecule has 1 saturated heterocycles. The average molecular weight is 400 g/mol. The minimum atomic E-state index is -0.537. The smallest absolute Gasteiger partial charge is 0.227 e. The van der Waals surface area contributed by atoms with Crippen LogP contribution < -0.4 is 10.2 Å². The van der Waals surface area contributed by atoms with E-state index in [2.05, 4.69) is 15.5 Å². The lowest BCUT2D eigenvalue weighted by atomic mass is 10.2. The lowest BCUT2D eigenvalue weighted by molar-refractivity contribution is -0.117. The Balaban J connectivity index is 1.34. The molecule has 3 heterocycles. The van der Waals surface area contributed by atoms with Gasteiger partial charge in [0.25, 0.3) is 0 Å². The Morgan fingerprint density at radius 1 is 1.36 bits per heavy atom. The summed E-state index contributed by atoms with van der Waals surface area (Å²) in [6, 6.07) is 6.21. The largest absolute Gasteiger partial charge is 0.339 e. The molecule has 0 spiro atoms. The Labute approximate surface area is 164 Å². The Bertz CT molecular complexity index is 1000. The molecule has 2 aromatic heterocycles. The first kappa shape index (κ1) is 18.3. The maximum absolute atomic E-state index is 14.3. The van der Waals surface area contributed by atoms with E-state index in [1.807, 2.05) is 16.8 Å². The van der Waals surface area contributed by atoms with Crippen LogP contribution >= 0.6 is 11.3 Å². The number of aromatic nitrogens is 2. The monoisotopic (exact) mass is 400 g/mol. The van der Waals surface area contributed by atoms with Crippen LogP contribution in [0.1, 0.15) is 25.2 Å². The van der Waals surface area contributed by atoms with Crippen LogP contribution in [0, 0.1) is 5.82 Å². The van der Waals surface area contributed by atoms with Gasteiger partial charge in [0.05, 0.1) is 5.69 Å². The van der Waals surface area contributed by atoms with Crippen molar-refractivity contribution in [1.82, 2.24) is 10.1 Å². The predicted octanol–water partition coefficient (Wildman–Crippen LogP) is 3.64. The molecule has 1 aromatic carbocycles. The summed E-state index contributed by atoms with van der Waals surface area (Å²) in [5.41, 5.74) is 1.45. The number of amides is 2. The first-order chi connectivity index (χ1) is 13.6. The molecule has 4 rings (SSSR count). The maximum Gasteiger partial charge on any atom is 0.227 e. The zero-order chi connectivity index (χ0) is 19.5. The first-order valence-corrected chi connectivity index (χ1v) is 9.79. The number of anilines is 2. The summed E-state index contributed by atoms with van der Waals surface area (Å²) in [6.45, 7) is 0.513. The number of thiophene rings is 1. The van der Waals surface area contributed by atoms with Crippen LogP contribution in [0.2, 0.25) is 0 Å². The van der Waals surface area contributed by atoms with Gasteiger partial charge in [-0.1, -0.05) is 5.16 Å². The predicted molar refractivity (Wildman–Crippen MR) is 103 cm³/mol. The third-order valence-corrected chi connectivity index (χ3v) is 5.09. The van der Waals surface area contributed by atoms with Gasteiger partial charge in [0.1, 0.15) is 5.82 Å². The molecule has 1 aliphatic heterocycles. The second kappa shape index (κ2) is 7.89. The van der Waals surface area contributed by atoms with Crippen molar-refractivity contribution in [2.24, 2.45) is 0 Å². The lowest BCUT2D eigenvalue weighted by Crippen LogP contribution is -2.24. The van der Waals surface area contributed by atoms with Crippen LogP contribution in [0.25, 0.3) is 11.4 Å². The van der Waals surface area contributed by atoms with Gasteiger partial charge in [0.2, 0.25) is 23.5 Å². The highest BCUT2D eigenvalue weighted by Crippen LogP contribution is 2.27. The fourth-order valence-corrected chi connectivity index (χ4v) is 3.65. The van der Waals surface area contributed by atoms with Crippen molar-refractivity contribution in [3.8, 4) is 11.4 Å². The highest BCUT2D eigenvalue weighted by Gasteiger charge is 2.24.